The molecule has 4 aliphatic carbocycles. The molecule has 10 nitrogen and oxygen atoms in total. The van der Waals surface area contributed by atoms with Gasteiger partial charge in [0, 0.05) is 41.4 Å². The highest BCUT2D eigenvalue weighted by Crippen LogP contribution is 2.82. The van der Waals surface area contributed by atoms with E-state index in [1.54, 1.807) is 19.5 Å². The van der Waals surface area contributed by atoms with Crippen molar-refractivity contribution < 1.29 is 48.6 Å². The van der Waals surface area contributed by atoms with E-state index < -0.39 is 81.6 Å². The Bertz CT molecular complexity index is 1200. The van der Waals surface area contributed by atoms with E-state index in [4.69, 9.17) is 18.6 Å². The first kappa shape index (κ1) is 25.2. The predicted molar refractivity (Wildman–Crippen MR) is 127 cm³/mol. The molecular weight excluding hydrogens is 496 g/mol. The molecule has 7 rings (SSSR count). The van der Waals surface area contributed by atoms with Crippen LogP contribution < -0.4 is 0 Å². The number of ether oxygens (including phenoxy) is 3. The van der Waals surface area contributed by atoms with Crippen LogP contribution in [0.15, 0.2) is 23.0 Å². The fraction of sp³-hybridized carbons (Fsp3) is 0.786. The number of furan rings is 1. The molecule has 10 heteroatoms. The minimum Gasteiger partial charge on any atom is -0.472 e. The van der Waals surface area contributed by atoms with Gasteiger partial charge in [-0.1, -0.05) is 20.8 Å². The topological polar surface area (TPSA) is 159 Å². The first-order chi connectivity index (χ1) is 17.8. The van der Waals surface area contributed by atoms with Crippen molar-refractivity contribution in [3.63, 3.8) is 0 Å². The smallest absolute Gasteiger partial charge is 0.302 e. The summed E-state index contributed by atoms with van der Waals surface area (Å²) in [6.07, 6.45) is -2.21. The molecule has 2 bridgehead atoms. The molecule has 2 saturated heterocycles. The quantitative estimate of drug-likeness (QED) is 0.318. The molecule has 208 valence electrons. The van der Waals surface area contributed by atoms with Gasteiger partial charge in [-0.15, -0.1) is 0 Å². The molecule has 0 aromatic carbocycles. The van der Waals surface area contributed by atoms with E-state index in [1.165, 1.54) is 6.92 Å². The molecule has 38 heavy (non-hydrogen) atoms. The van der Waals surface area contributed by atoms with Gasteiger partial charge in [0.25, 0.3) is 0 Å². The van der Waals surface area contributed by atoms with E-state index in [2.05, 4.69) is 0 Å². The van der Waals surface area contributed by atoms with E-state index in [1.807, 2.05) is 19.9 Å². The first-order valence-electron chi connectivity index (χ1n) is 13.6. The SMILES string of the molecule is CC(=O)O[C@@H]1C[C@H](O)[C@@]23COC(O)[C@@]1(C)[C@@H]2C[C@@H](O)[C@]1(C)[C@@H]3C(=O)[C@H](O)[C@@]2(C)[C@H](c3ccoc3)C[C@H]3O[C@]321. The average molecular weight is 533 g/mol. The number of Topliss-reactive ketones (excluding diaryl/α,β-unsaturated/α-hetero) is 1. The van der Waals surface area contributed by atoms with Gasteiger partial charge in [-0.2, -0.15) is 0 Å². The third kappa shape index (κ3) is 2.36. The van der Waals surface area contributed by atoms with Crippen molar-refractivity contribution >= 4 is 11.8 Å². The zero-order chi connectivity index (χ0) is 27.2. The Hall–Kier alpha value is -1.82. The maximum Gasteiger partial charge on any atom is 0.302 e. The Kier molecular flexibility index (Phi) is 4.82. The van der Waals surface area contributed by atoms with Gasteiger partial charge in [-0.05, 0) is 30.4 Å². The van der Waals surface area contributed by atoms with Crippen molar-refractivity contribution in [2.45, 2.75) is 95.3 Å². The third-order valence-corrected chi connectivity index (χ3v) is 12.3. The number of hydrogen-bond donors (Lipinski definition) is 4. The van der Waals surface area contributed by atoms with Crippen molar-refractivity contribution in [3.05, 3.63) is 24.2 Å². The third-order valence-electron chi connectivity index (χ3n) is 12.3. The normalized spacial score (nSPS) is 58.3. The molecule has 1 spiro atoms. The van der Waals surface area contributed by atoms with E-state index in [0.29, 0.717) is 6.42 Å². The molecular formula is C28H36O10. The molecule has 4 saturated carbocycles. The highest BCUT2D eigenvalue weighted by Gasteiger charge is 2.92. The number of carbonyl (C=O) groups is 2. The van der Waals surface area contributed by atoms with E-state index >= 15 is 0 Å². The van der Waals surface area contributed by atoms with Gasteiger partial charge < -0.3 is 39.1 Å². The second-order valence-corrected chi connectivity index (χ2v) is 13.3. The lowest BCUT2D eigenvalue weighted by atomic mass is 9.33. The predicted octanol–water partition coefficient (Wildman–Crippen LogP) is 0.895. The van der Waals surface area contributed by atoms with Gasteiger partial charge in [0.1, 0.15) is 17.8 Å². The van der Waals surface area contributed by atoms with E-state index in [-0.39, 0.29) is 31.5 Å². The Morgan fingerprint density at radius 1 is 1.05 bits per heavy atom. The number of hydrogen-bond acceptors (Lipinski definition) is 10. The van der Waals surface area contributed by atoms with Gasteiger partial charge in [0.2, 0.25) is 0 Å². The lowest BCUT2D eigenvalue weighted by molar-refractivity contribution is -0.373. The zero-order valence-electron chi connectivity index (χ0n) is 22.0. The molecule has 14 atom stereocenters. The van der Waals surface area contributed by atoms with E-state index in [9.17, 15) is 30.0 Å². The minimum absolute atomic E-state index is 0.00521. The molecule has 3 heterocycles. The fourth-order valence-electron chi connectivity index (χ4n) is 10.7. The summed E-state index contributed by atoms with van der Waals surface area (Å²) in [6.45, 7) is 6.61. The van der Waals surface area contributed by atoms with Crippen LogP contribution in [0.1, 0.15) is 58.4 Å². The largest absolute Gasteiger partial charge is 0.472 e. The van der Waals surface area contributed by atoms with Crippen LogP contribution >= 0.6 is 0 Å². The minimum atomic E-state index is -1.43. The summed E-state index contributed by atoms with van der Waals surface area (Å²) in [6, 6.07) is 1.84. The van der Waals surface area contributed by atoms with Crippen molar-refractivity contribution in [2.24, 2.45) is 33.5 Å². The maximum absolute atomic E-state index is 14.5. The molecule has 6 fully saturated rings. The van der Waals surface area contributed by atoms with Crippen LogP contribution in [0.2, 0.25) is 0 Å². The number of aliphatic hydroxyl groups is 4. The van der Waals surface area contributed by atoms with Crippen LogP contribution in [0.5, 0.6) is 0 Å². The van der Waals surface area contributed by atoms with Gasteiger partial charge in [0.15, 0.2) is 12.1 Å². The van der Waals surface area contributed by atoms with Crippen LogP contribution in [0.25, 0.3) is 0 Å². The summed E-state index contributed by atoms with van der Waals surface area (Å²) in [4.78, 5) is 26.5. The number of aliphatic hydroxyl groups excluding tert-OH is 4. The summed E-state index contributed by atoms with van der Waals surface area (Å²) < 4.78 is 23.3. The van der Waals surface area contributed by atoms with Crippen molar-refractivity contribution in [2.75, 3.05) is 6.61 Å². The Morgan fingerprint density at radius 3 is 2.45 bits per heavy atom. The van der Waals surface area contributed by atoms with Crippen LogP contribution in [0, 0.1) is 33.5 Å². The lowest BCUT2D eigenvalue weighted by Gasteiger charge is -2.72. The summed E-state index contributed by atoms with van der Waals surface area (Å²) >= 11 is 0. The monoisotopic (exact) mass is 532 g/mol. The number of esters is 1. The molecule has 1 unspecified atom stereocenters. The Labute approximate surface area is 220 Å². The van der Waals surface area contributed by atoms with Gasteiger partial charge >= 0.3 is 5.97 Å². The van der Waals surface area contributed by atoms with Crippen LogP contribution in [0.3, 0.4) is 0 Å². The summed E-state index contributed by atoms with van der Waals surface area (Å²) in [5.74, 6) is -2.88. The van der Waals surface area contributed by atoms with Crippen LogP contribution in [-0.4, -0.2) is 81.2 Å². The van der Waals surface area contributed by atoms with Crippen LogP contribution in [-0.2, 0) is 23.8 Å². The average Bonchev–Trinajstić information content (AvgIpc) is 3.22. The number of carbonyl (C=O) groups excluding carboxylic acids is 2. The lowest BCUT2D eigenvalue weighted by Crippen LogP contribution is -2.82. The first-order valence-corrected chi connectivity index (χ1v) is 13.6. The van der Waals surface area contributed by atoms with Gasteiger partial charge in [-0.3, -0.25) is 9.59 Å². The van der Waals surface area contributed by atoms with Crippen LogP contribution in [0.4, 0.5) is 0 Å². The Balaban J connectivity index is 1.41. The number of fused-ring (bicyclic) bond motifs is 1. The molecule has 6 aliphatic rings. The second kappa shape index (κ2) is 7.27. The maximum atomic E-state index is 14.5. The standard InChI is InChI=1S/C28H36O10/c1-12(29)37-18-9-17(31)27-11-36-23(34)24(18,2)15(27)8-16(30)26(4)21(27)20(32)22(33)25(3)14(13-5-6-35-10-13)7-19-28(25,26)38-19/h5-6,10,14-19,21-23,30-31,33-34H,7-9,11H2,1-4H3/t14-,15-,16+,17-,18+,19+,21-,22-,23?,24-,25+,26+,27+,28+/m0/s1. The molecule has 4 N–H and O–H groups in total. The molecule has 1 aromatic rings. The molecule has 0 radical (unpaired) electrons. The van der Waals surface area contributed by atoms with Gasteiger partial charge in [-0.25, -0.2) is 0 Å². The van der Waals surface area contributed by atoms with Crippen molar-refractivity contribution in [3.8, 4) is 0 Å². The fourth-order valence-corrected chi connectivity index (χ4v) is 10.7. The van der Waals surface area contributed by atoms with Crippen molar-refractivity contribution in [1.29, 1.82) is 0 Å². The van der Waals surface area contributed by atoms with Crippen molar-refractivity contribution in [1.82, 2.24) is 0 Å². The zero-order valence-corrected chi connectivity index (χ0v) is 22.0. The highest BCUT2D eigenvalue weighted by atomic mass is 16.6. The molecule has 1 aromatic heterocycles. The summed E-state index contributed by atoms with van der Waals surface area (Å²) in [7, 11) is 0. The molecule has 0 amide bonds. The van der Waals surface area contributed by atoms with Gasteiger partial charge in [0.05, 0.1) is 42.9 Å². The molecule has 2 aliphatic heterocycles. The second-order valence-electron chi connectivity index (χ2n) is 13.3. The number of epoxide rings is 1. The number of rotatable bonds is 2. The highest BCUT2D eigenvalue weighted by molar-refractivity contribution is 5.91. The Morgan fingerprint density at radius 2 is 1.79 bits per heavy atom. The summed E-state index contributed by atoms with van der Waals surface area (Å²) in [5.41, 5.74) is -4.74. The summed E-state index contributed by atoms with van der Waals surface area (Å²) in [5, 5.41) is 46.8. The van der Waals surface area contributed by atoms with E-state index in [0.717, 1.165) is 5.56 Å². The number of ketones is 1.